The second-order valence-corrected chi connectivity index (χ2v) is 8.51. The van der Waals surface area contributed by atoms with E-state index in [1.165, 1.54) is 23.3 Å². The monoisotopic (exact) mass is 389 g/mol. The van der Waals surface area contributed by atoms with Gasteiger partial charge in [0.25, 0.3) is 0 Å². The average Bonchev–Trinajstić information content (AvgIpc) is 3.31. The van der Waals surface area contributed by atoms with Gasteiger partial charge in [0, 0.05) is 36.3 Å². The number of carbonyl (C=O) groups excluding carboxylic acids is 1. The van der Waals surface area contributed by atoms with Crippen LogP contribution in [0.2, 0.25) is 0 Å². The number of aryl methyl sites for hydroxylation is 1. The zero-order chi connectivity index (χ0) is 19.2. The van der Waals surface area contributed by atoms with Crippen molar-refractivity contribution in [2.75, 3.05) is 33.2 Å². The number of rotatable bonds is 8. The van der Waals surface area contributed by atoms with E-state index in [-0.39, 0.29) is 5.91 Å². The van der Waals surface area contributed by atoms with Crippen LogP contribution in [0.25, 0.3) is 0 Å². The Morgan fingerprint density at radius 2 is 2.33 bits per heavy atom. The van der Waals surface area contributed by atoms with Crippen LogP contribution in [0.3, 0.4) is 0 Å². The number of thiophene rings is 1. The number of carbonyl (C=O) groups is 1. The van der Waals surface area contributed by atoms with E-state index < -0.39 is 0 Å². The summed E-state index contributed by atoms with van der Waals surface area (Å²) >= 11 is 1.67. The Morgan fingerprint density at radius 3 is 3.00 bits per heavy atom. The van der Waals surface area contributed by atoms with Crippen LogP contribution in [-0.2, 0) is 18.4 Å². The Kier molecular flexibility index (Phi) is 7.04. The molecule has 0 bridgehead atoms. The quantitative estimate of drug-likeness (QED) is 0.754. The average molecular weight is 390 g/mol. The Balaban J connectivity index is 1.57. The Bertz CT molecular complexity index is 714. The molecule has 2 aromatic heterocycles. The van der Waals surface area contributed by atoms with Gasteiger partial charge in [-0.05, 0) is 50.3 Å². The number of hydrogen-bond donors (Lipinski definition) is 1. The van der Waals surface area contributed by atoms with Gasteiger partial charge in [0.05, 0.1) is 19.3 Å². The van der Waals surface area contributed by atoms with Gasteiger partial charge in [0.2, 0.25) is 5.91 Å². The Morgan fingerprint density at radius 1 is 1.48 bits per heavy atom. The van der Waals surface area contributed by atoms with Crippen LogP contribution < -0.4 is 5.32 Å². The van der Waals surface area contributed by atoms with E-state index in [9.17, 15) is 4.79 Å². The minimum absolute atomic E-state index is 0.0898. The minimum atomic E-state index is 0.0898. The van der Waals surface area contributed by atoms with E-state index in [0.29, 0.717) is 25.0 Å². The summed E-state index contributed by atoms with van der Waals surface area (Å²) in [7, 11) is 4.03. The van der Waals surface area contributed by atoms with Gasteiger partial charge in [-0.15, -0.1) is 11.3 Å². The second-order valence-electron chi connectivity index (χ2n) is 7.48. The molecule has 0 unspecified atom stereocenters. The standard InChI is InChI=1S/C20H31N5OS/c1-4-25-9-5-7-16(20(25)17-11-22-24(3)14-17)13-23(2)15-19(26)21-12-18-8-6-10-27-18/h6,8,10-11,14,16,20H,4-5,7,9,12-13,15H2,1-3H3,(H,21,26)/t16-,20+/m0/s1. The fourth-order valence-electron chi connectivity index (χ4n) is 4.14. The number of amides is 1. The third-order valence-electron chi connectivity index (χ3n) is 5.33. The fraction of sp³-hybridized carbons (Fsp3) is 0.600. The lowest BCUT2D eigenvalue weighted by Crippen LogP contribution is -2.44. The van der Waals surface area contributed by atoms with E-state index in [1.54, 1.807) is 11.3 Å². The van der Waals surface area contributed by atoms with Crippen LogP contribution >= 0.6 is 11.3 Å². The van der Waals surface area contributed by atoms with Crippen LogP contribution in [-0.4, -0.2) is 58.7 Å². The van der Waals surface area contributed by atoms with Crippen molar-refractivity contribution in [2.45, 2.75) is 32.4 Å². The molecule has 0 aromatic carbocycles. The number of aromatic nitrogens is 2. The van der Waals surface area contributed by atoms with E-state index in [0.717, 1.165) is 19.6 Å². The summed E-state index contributed by atoms with van der Waals surface area (Å²) in [4.78, 5) is 18.2. The predicted octanol–water partition coefficient (Wildman–Crippen LogP) is 2.50. The van der Waals surface area contributed by atoms with E-state index >= 15 is 0 Å². The molecule has 1 fully saturated rings. The first-order valence-corrected chi connectivity index (χ1v) is 10.6. The fourth-order valence-corrected chi connectivity index (χ4v) is 4.78. The summed E-state index contributed by atoms with van der Waals surface area (Å²) < 4.78 is 1.89. The molecule has 0 aliphatic carbocycles. The molecule has 1 saturated heterocycles. The van der Waals surface area contributed by atoms with Crippen molar-refractivity contribution >= 4 is 17.2 Å². The molecular formula is C20H31N5OS. The van der Waals surface area contributed by atoms with Gasteiger partial charge in [0.1, 0.15) is 0 Å². The molecule has 1 aliphatic heterocycles. The highest BCUT2D eigenvalue weighted by Gasteiger charge is 2.33. The number of nitrogens with zero attached hydrogens (tertiary/aromatic N) is 4. The maximum Gasteiger partial charge on any atom is 0.234 e. The first kappa shape index (κ1) is 20.0. The second kappa shape index (κ2) is 9.48. The van der Waals surface area contributed by atoms with Crippen molar-refractivity contribution in [1.82, 2.24) is 24.9 Å². The summed E-state index contributed by atoms with van der Waals surface area (Å²) in [6.07, 6.45) is 6.55. The molecule has 27 heavy (non-hydrogen) atoms. The molecule has 0 saturated carbocycles. The molecule has 0 spiro atoms. The Labute approximate surface area is 166 Å². The summed E-state index contributed by atoms with van der Waals surface area (Å²) in [6.45, 7) is 6.39. The number of likely N-dealkylation sites (tertiary alicyclic amines) is 1. The van der Waals surface area contributed by atoms with Crippen LogP contribution in [0.15, 0.2) is 29.9 Å². The van der Waals surface area contributed by atoms with Crippen molar-refractivity contribution in [2.24, 2.45) is 13.0 Å². The van der Waals surface area contributed by atoms with Gasteiger partial charge in [-0.2, -0.15) is 5.10 Å². The molecule has 2 atom stereocenters. The molecule has 6 nitrogen and oxygen atoms in total. The number of nitrogens with one attached hydrogen (secondary N) is 1. The summed E-state index contributed by atoms with van der Waals surface area (Å²) in [5.41, 5.74) is 1.29. The van der Waals surface area contributed by atoms with Crippen molar-refractivity contribution in [3.63, 3.8) is 0 Å². The number of likely N-dealkylation sites (N-methyl/N-ethyl adjacent to an activating group) is 1. The molecule has 3 heterocycles. The maximum atomic E-state index is 12.3. The predicted molar refractivity (Wildman–Crippen MR) is 110 cm³/mol. The lowest BCUT2D eigenvalue weighted by atomic mass is 9.85. The highest BCUT2D eigenvalue weighted by atomic mass is 32.1. The van der Waals surface area contributed by atoms with Gasteiger partial charge < -0.3 is 5.32 Å². The summed E-state index contributed by atoms with van der Waals surface area (Å²) in [5, 5.41) is 9.45. The van der Waals surface area contributed by atoms with Gasteiger partial charge in [-0.1, -0.05) is 13.0 Å². The van der Waals surface area contributed by atoms with Crippen LogP contribution in [0.1, 0.15) is 36.2 Å². The molecular weight excluding hydrogens is 358 g/mol. The molecule has 0 radical (unpaired) electrons. The highest BCUT2D eigenvalue weighted by molar-refractivity contribution is 7.09. The van der Waals surface area contributed by atoms with Gasteiger partial charge in [0.15, 0.2) is 0 Å². The molecule has 3 rings (SSSR count). The molecule has 1 aliphatic rings. The summed E-state index contributed by atoms with van der Waals surface area (Å²) in [5.74, 6) is 0.602. The number of piperidine rings is 1. The first-order chi connectivity index (χ1) is 13.1. The zero-order valence-electron chi connectivity index (χ0n) is 16.6. The van der Waals surface area contributed by atoms with Crippen LogP contribution in [0.5, 0.6) is 0 Å². The maximum absolute atomic E-state index is 12.3. The normalized spacial score (nSPS) is 20.9. The highest BCUT2D eigenvalue weighted by Crippen LogP contribution is 2.36. The molecule has 1 N–H and O–H groups in total. The first-order valence-electron chi connectivity index (χ1n) is 9.77. The third-order valence-corrected chi connectivity index (χ3v) is 6.21. The summed E-state index contributed by atoms with van der Waals surface area (Å²) in [6, 6.07) is 4.45. The van der Waals surface area contributed by atoms with Gasteiger partial charge in [-0.25, -0.2) is 0 Å². The topological polar surface area (TPSA) is 53.4 Å². The lowest BCUT2D eigenvalue weighted by Gasteiger charge is -2.42. The smallest absolute Gasteiger partial charge is 0.234 e. The molecule has 2 aromatic rings. The van der Waals surface area contributed by atoms with Crippen molar-refractivity contribution in [1.29, 1.82) is 0 Å². The van der Waals surface area contributed by atoms with Crippen LogP contribution in [0, 0.1) is 5.92 Å². The van der Waals surface area contributed by atoms with E-state index in [2.05, 4.69) is 46.4 Å². The SMILES string of the molecule is CCN1CCC[C@@H](CN(C)CC(=O)NCc2cccs2)[C@@H]1c1cnn(C)c1. The lowest BCUT2D eigenvalue weighted by molar-refractivity contribution is -0.122. The minimum Gasteiger partial charge on any atom is -0.350 e. The van der Waals surface area contributed by atoms with Gasteiger partial charge in [-0.3, -0.25) is 19.3 Å². The van der Waals surface area contributed by atoms with Crippen molar-refractivity contribution in [3.8, 4) is 0 Å². The van der Waals surface area contributed by atoms with Gasteiger partial charge >= 0.3 is 0 Å². The van der Waals surface area contributed by atoms with E-state index in [4.69, 9.17) is 0 Å². The number of hydrogen-bond acceptors (Lipinski definition) is 5. The van der Waals surface area contributed by atoms with E-state index in [1.807, 2.05) is 29.4 Å². The van der Waals surface area contributed by atoms with Crippen molar-refractivity contribution < 1.29 is 4.79 Å². The molecule has 7 heteroatoms. The van der Waals surface area contributed by atoms with Crippen molar-refractivity contribution in [3.05, 3.63) is 40.3 Å². The Hall–Kier alpha value is -1.70. The van der Waals surface area contributed by atoms with Crippen LogP contribution in [0.4, 0.5) is 0 Å². The zero-order valence-corrected chi connectivity index (χ0v) is 17.4. The molecule has 148 valence electrons. The molecule has 1 amide bonds. The third kappa shape index (κ3) is 5.40. The largest absolute Gasteiger partial charge is 0.350 e.